The van der Waals surface area contributed by atoms with Crippen LogP contribution >= 0.6 is 22.6 Å². The van der Waals surface area contributed by atoms with Gasteiger partial charge >= 0.3 is 11.9 Å². The molecule has 0 radical (unpaired) electrons. The molecule has 73 heavy (non-hydrogen) atoms. The third-order valence-corrected chi connectivity index (χ3v) is 13.1. The van der Waals surface area contributed by atoms with Crippen molar-refractivity contribution in [2.45, 2.75) is 53.7 Å². The molecular formula is C56H68F2IN7O7. The van der Waals surface area contributed by atoms with Gasteiger partial charge in [-0.1, -0.05) is 36.1 Å². The number of hydrogen-bond acceptors (Lipinski definition) is 13. The zero-order valence-electron chi connectivity index (χ0n) is 41.6. The Morgan fingerprint density at radius 3 is 1.66 bits per heavy atom. The lowest BCUT2D eigenvalue weighted by Crippen LogP contribution is -2.46. The second-order valence-electron chi connectivity index (χ2n) is 17.8. The summed E-state index contributed by atoms with van der Waals surface area (Å²) >= 11 is 2.15. The number of anilines is 4. The first kappa shape index (κ1) is 55.8. The third kappa shape index (κ3) is 14.2. The lowest BCUT2D eigenvalue weighted by atomic mass is 9.87. The summed E-state index contributed by atoms with van der Waals surface area (Å²) in [6.07, 6.45) is 3.47. The number of aromatic nitrogens is 3. The van der Waals surface area contributed by atoms with Crippen molar-refractivity contribution in [2.75, 3.05) is 103 Å². The minimum Gasteiger partial charge on any atom is -0.508 e. The Hall–Kier alpha value is -6.47. The summed E-state index contributed by atoms with van der Waals surface area (Å²) < 4.78 is 52.9. The maximum Gasteiger partial charge on any atom is 0.338 e. The van der Waals surface area contributed by atoms with Crippen molar-refractivity contribution in [2.24, 2.45) is 5.92 Å². The fourth-order valence-corrected chi connectivity index (χ4v) is 9.31. The highest BCUT2D eigenvalue weighted by atomic mass is 127. The maximum absolute atomic E-state index is 15.0. The van der Waals surface area contributed by atoms with Crippen LogP contribution in [-0.4, -0.2) is 116 Å². The van der Waals surface area contributed by atoms with Crippen LogP contribution in [0, 0.1) is 31.4 Å². The number of ether oxygens (including phenoxy) is 4. The number of hydrogen-bond donors (Lipinski definition) is 1. The number of nitrogens with zero attached hydrogens (tertiary/aromatic N) is 7. The number of piperazine rings is 2. The van der Waals surface area contributed by atoms with E-state index < -0.39 is 17.2 Å². The number of halogens is 3. The Labute approximate surface area is 442 Å². The molecule has 1 N–H and O–H groups in total. The molecular weight excluding hydrogens is 1050 g/mol. The van der Waals surface area contributed by atoms with Crippen LogP contribution in [0.4, 0.5) is 31.5 Å². The zero-order chi connectivity index (χ0) is 51.2. The quantitative estimate of drug-likeness (QED) is 0.0631. The number of carbonyl (C=O) groups is 2. The average Bonchev–Trinajstić information content (AvgIpc) is 4.08. The molecule has 14 nitrogen and oxygen atoms in total. The van der Waals surface area contributed by atoms with Gasteiger partial charge in [0.1, 0.15) is 41.4 Å². The van der Waals surface area contributed by atoms with Crippen molar-refractivity contribution in [1.82, 2.24) is 14.8 Å². The summed E-state index contributed by atoms with van der Waals surface area (Å²) in [6, 6.07) is 30.8. The van der Waals surface area contributed by atoms with Gasteiger partial charge in [-0.3, -0.25) is 0 Å². The van der Waals surface area contributed by atoms with Crippen molar-refractivity contribution in [3.05, 3.63) is 155 Å². The molecule has 0 bridgehead atoms. The monoisotopic (exact) mass is 1120 g/mol. The van der Waals surface area contributed by atoms with Crippen LogP contribution in [-0.2, 0) is 26.4 Å². The van der Waals surface area contributed by atoms with Gasteiger partial charge in [0.05, 0.1) is 44.1 Å². The van der Waals surface area contributed by atoms with Gasteiger partial charge in [0, 0.05) is 92.7 Å². The lowest BCUT2D eigenvalue weighted by Gasteiger charge is -2.37. The van der Waals surface area contributed by atoms with Crippen LogP contribution in [0.3, 0.4) is 0 Å². The van der Waals surface area contributed by atoms with E-state index in [9.17, 15) is 23.5 Å². The number of phenolic OH excluding ortho intramolecular Hbond substituents is 1. The molecule has 0 spiro atoms. The maximum atomic E-state index is 15.0. The second kappa shape index (κ2) is 26.5. The number of aryl methyl sites for hydroxylation is 2. The Morgan fingerprint density at radius 1 is 0.699 bits per heavy atom. The molecule has 9 rings (SSSR count). The Morgan fingerprint density at radius 2 is 1.19 bits per heavy atom. The molecule has 0 amide bonds. The van der Waals surface area contributed by atoms with Gasteiger partial charge in [0.15, 0.2) is 0 Å². The van der Waals surface area contributed by atoms with Gasteiger partial charge in [0.25, 0.3) is 0 Å². The SMILES string of the molecule is C.CCOC(=O)c1ccc(N2CCN(c3ccc(O)c(C)c3)CC2)cc1.CCOC(=O)c1ccc(N2CCN(c3ccc(OC[C@@H]4CO[C@@](Cn5cncn5)(c5ccc(F)cc5F)C4)c(C)c3)CC2)cc1.CI. The molecule has 3 aliphatic heterocycles. The van der Waals surface area contributed by atoms with Gasteiger partial charge in [-0.15, -0.1) is 0 Å². The number of carbonyl (C=O) groups excluding carboxylic acids is 2. The van der Waals surface area contributed by atoms with Gasteiger partial charge in [-0.05, 0) is 141 Å². The van der Waals surface area contributed by atoms with E-state index >= 15 is 0 Å². The third-order valence-electron chi connectivity index (χ3n) is 13.1. The van der Waals surface area contributed by atoms with E-state index in [2.05, 4.69) is 64.4 Å². The summed E-state index contributed by atoms with van der Waals surface area (Å²) in [6.45, 7) is 16.5. The van der Waals surface area contributed by atoms with Gasteiger partial charge in [0.2, 0.25) is 0 Å². The normalized spacial score (nSPS) is 17.3. The predicted octanol–water partition coefficient (Wildman–Crippen LogP) is 10.3. The fraction of sp³-hybridized carbons (Fsp3) is 0.393. The predicted molar refractivity (Wildman–Crippen MR) is 292 cm³/mol. The van der Waals surface area contributed by atoms with E-state index in [1.807, 2.05) is 85.5 Å². The summed E-state index contributed by atoms with van der Waals surface area (Å²) in [7, 11) is 0. The van der Waals surface area contributed by atoms with E-state index in [4.69, 9.17) is 18.9 Å². The van der Waals surface area contributed by atoms with Crippen molar-refractivity contribution in [3.8, 4) is 11.5 Å². The molecule has 390 valence electrons. The van der Waals surface area contributed by atoms with Gasteiger partial charge < -0.3 is 43.7 Å². The molecule has 0 aliphatic carbocycles. The summed E-state index contributed by atoms with van der Waals surface area (Å²) in [5.74, 6) is -0.725. The van der Waals surface area contributed by atoms with Crippen LogP contribution in [0.1, 0.15) is 65.1 Å². The molecule has 5 aromatic carbocycles. The Balaban J connectivity index is 0.000000263. The highest BCUT2D eigenvalue weighted by Gasteiger charge is 2.45. The number of phenols is 1. The molecule has 3 fully saturated rings. The van der Waals surface area contributed by atoms with E-state index in [1.165, 1.54) is 18.5 Å². The van der Waals surface area contributed by atoms with E-state index in [0.29, 0.717) is 55.3 Å². The van der Waals surface area contributed by atoms with Crippen molar-refractivity contribution < 1.29 is 42.4 Å². The van der Waals surface area contributed by atoms with Crippen LogP contribution in [0.2, 0.25) is 0 Å². The molecule has 6 aromatic rings. The summed E-state index contributed by atoms with van der Waals surface area (Å²) in [4.78, 5) is 39.0. The smallest absolute Gasteiger partial charge is 0.338 e. The average molecular weight is 1120 g/mol. The first-order valence-electron chi connectivity index (χ1n) is 24.3. The van der Waals surface area contributed by atoms with E-state index in [0.717, 1.165) is 98.1 Å². The Bertz CT molecular complexity index is 2700. The number of benzene rings is 5. The van der Waals surface area contributed by atoms with Crippen LogP contribution in [0.25, 0.3) is 0 Å². The summed E-state index contributed by atoms with van der Waals surface area (Å²) in [5.41, 5.74) is 6.86. The van der Waals surface area contributed by atoms with Crippen molar-refractivity contribution in [3.63, 3.8) is 0 Å². The Kier molecular flexibility index (Phi) is 20.2. The molecule has 4 heterocycles. The van der Waals surface area contributed by atoms with E-state index in [1.54, 1.807) is 30.9 Å². The van der Waals surface area contributed by atoms with E-state index in [-0.39, 0.29) is 31.8 Å². The number of alkyl halides is 1. The largest absolute Gasteiger partial charge is 0.508 e. The molecule has 3 saturated heterocycles. The van der Waals surface area contributed by atoms with Crippen molar-refractivity contribution in [1.29, 1.82) is 0 Å². The van der Waals surface area contributed by atoms with Crippen molar-refractivity contribution >= 4 is 57.3 Å². The molecule has 1 aromatic heterocycles. The van der Waals surface area contributed by atoms with Gasteiger partial charge in [-0.25, -0.2) is 28.0 Å². The lowest BCUT2D eigenvalue weighted by molar-refractivity contribution is -0.0206. The highest BCUT2D eigenvalue weighted by molar-refractivity contribution is 14.1. The standard InChI is InChI=1S/C34H37F2N5O4.C20H24N2O3.CH3I.CH4/c1-3-43-33(42)26-4-7-28(8-5-26)39-12-14-40(15-13-39)29-9-11-32(24(2)16-29)44-19-25-18-34(45-20-25,21-41-23-37-22-38-41)30-10-6-27(35)17-31(30)36;1-3-25-20(24)16-4-6-17(7-5-16)21-10-12-22(13-11-21)18-8-9-19(23)15(2)14-18;1-2;/h4-11,16-17,22-23,25H,3,12-15,18-21H2,1-2H3;4-9,14,23H,3,10-13H2,1-2H3;1H3;1H4/t25-,34+;;;/m1.../s1. The van der Waals surface area contributed by atoms with Crippen LogP contribution in [0.5, 0.6) is 11.5 Å². The van der Waals surface area contributed by atoms with Crippen LogP contribution in [0.15, 0.2) is 116 Å². The fourth-order valence-electron chi connectivity index (χ4n) is 9.31. The number of rotatable bonds is 14. The first-order valence-corrected chi connectivity index (χ1v) is 26.4. The van der Waals surface area contributed by atoms with Gasteiger partial charge in [-0.2, -0.15) is 5.10 Å². The number of esters is 2. The highest BCUT2D eigenvalue weighted by Crippen LogP contribution is 2.42. The second-order valence-corrected chi connectivity index (χ2v) is 17.8. The first-order chi connectivity index (χ1) is 34.9. The minimum absolute atomic E-state index is 0. The number of aromatic hydroxyl groups is 1. The molecule has 2 atom stereocenters. The molecule has 0 saturated carbocycles. The topological polar surface area (TPSA) is 135 Å². The van der Waals surface area contributed by atoms with Crippen LogP contribution < -0.4 is 24.3 Å². The molecule has 17 heteroatoms. The zero-order valence-corrected chi connectivity index (χ0v) is 43.8. The minimum atomic E-state index is -1.01. The molecule has 3 aliphatic rings. The summed E-state index contributed by atoms with van der Waals surface area (Å²) in [5, 5.41) is 13.9. The molecule has 0 unspecified atom stereocenters.